The molecule has 0 unspecified atom stereocenters. The number of nitrogens with one attached hydrogen (secondary N) is 2. The van der Waals surface area contributed by atoms with Gasteiger partial charge in [-0.2, -0.15) is 0 Å². The number of sulfonamides is 1. The zero-order chi connectivity index (χ0) is 15.4. The molecule has 1 aromatic rings. The van der Waals surface area contributed by atoms with Crippen molar-refractivity contribution in [3.05, 3.63) is 42.5 Å². The Balaban J connectivity index is 3.04. The third-order valence-electron chi connectivity index (χ3n) is 2.25. The monoisotopic (exact) mass is 296 g/mol. The Morgan fingerprint density at radius 3 is 2.55 bits per heavy atom. The summed E-state index contributed by atoms with van der Waals surface area (Å²) in [5.41, 5.74) is -0.288. The number of benzene rings is 1. The molecule has 0 aromatic heterocycles. The largest absolute Gasteiger partial charge is 0.349 e. The van der Waals surface area contributed by atoms with Gasteiger partial charge in [-0.05, 0) is 39.0 Å². The molecule has 1 rings (SSSR count). The molecule has 6 heteroatoms. The van der Waals surface area contributed by atoms with Crippen LogP contribution in [0.4, 0.5) is 0 Å². The molecule has 0 bridgehead atoms. The highest BCUT2D eigenvalue weighted by atomic mass is 32.2. The standard InChI is InChI=1S/C14H20N2O3S/c1-5-9-15-13(17)11-7-6-8-12(10-11)20(18,19)16-14(2,3)4/h5-8,10,16H,1,9H2,2-4H3,(H,15,17). The molecule has 0 heterocycles. The highest BCUT2D eigenvalue weighted by Crippen LogP contribution is 2.14. The minimum atomic E-state index is -3.64. The Kier molecular flexibility index (Phi) is 5.08. The number of rotatable bonds is 5. The minimum absolute atomic E-state index is 0.0682. The molecule has 0 saturated carbocycles. The summed E-state index contributed by atoms with van der Waals surface area (Å²) >= 11 is 0. The van der Waals surface area contributed by atoms with E-state index in [9.17, 15) is 13.2 Å². The summed E-state index contributed by atoms with van der Waals surface area (Å²) < 4.78 is 26.9. The average molecular weight is 296 g/mol. The van der Waals surface area contributed by atoms with Crippen LogP contribution in [0.5, 0.6) is 0 Å². The summed E-state index contributed by atoms with van der Waals surface area (Å²) in [5.74, 6) is -0.335. The van der Waals surface area contributed by atoms with Crippen molar-refractivity contribution in [2.45, 2.75) is 31.2 Å². The fraction of sp³-hybridized carbons (Fsp3) is 0.357. The Morgan fingerprint density at radius 2 is 2.00 bits per heavy atom. The molecule has 5 nitrogen and oxygen atoms in total. The first-order valence-corrected chi connectivity index (χ1v) is 7.67. The van der Waals surface area contributed by atoms with E-state index in [1.165, 1.54) is 12.1 Å². The lowest BCUT2D eigenvalue weighted by atomic mass is 10.1. The van der Waals surface area contributed by atoms with Gasteiger partial charge < -0.3 is 5.32 Å². The molecule has 0 aliphatic rings. The van der Waals surface area contributed by atoms with Crippen LogP contribution < -0.4 is 10.0 Å². The number of hydrogen-bond acceptors (Lipinski definition) is 3. The van der Waals surface area contributed by atoms with Crippen LogP contribution in [0.2, 0.25) is 0 Å². The van der Waals surface area contributed by atoms with Crippen LogP contribution in [-0.2, 0) is 10.0 Å². The summed E-state index contributed by atoms with van der Waals surface area (Å²) in [4.78, 5) is 11.9. The summed E-state index contributed by atoms with van der Waals surface area (Å²) in [6, 6.07) is 5.92. The molecule has 0 aliphatic heterocycles. The van der Waals surface area contributed by atoms with E-state index in [4.69, 9.17) is 0 Å². The summed E-state index contributed by atoms with van der Waals surface area (Å²) in [6.45, 7) is 9.10. The molecule has 20 heavy (non-hydrogen) atoms. The topological polar surface area (TPSA) is 75.3 Å². The van der Waals surface area contributed by atoms with Crippen molar-refractivity contribution in [3.8, 4) is 0 Å². The highest BCUT2D eigenvalue weighted by Gasteiger charge is 2.22. The predicted molar refractivity (Wildman–Crippen MR) is 79.0 cm³/mol. The van der Waals surface area contributed by atoms with E-state index in [0.717, 1.165) is 0 Å². The van der Waals surface area contributed by atoms with Crippen LogP contribution in [0.15, 0.2) is 41.8 Å². The quantitative estimate of drug-likeness (QED) is 0.812. The zero-order valence-corrected chi connectivity index (χ0v) is 12.8. The second-order valence-electron chi connectivity index (χ2n) is 5.38. The van der Waals surface area contributed by atoms with Crippen LogP contribution >= 0.6 is 0 Å². The Labute approximate surface area is 120 Å². The Morgan fingerprint density at radius 1 is 1.35 bits per heavy atom. The maximum atomic E-state index is 12.2. The van der Waals surface area contributed by atoms with Gasteiger partial charge in [0.2, 0.25) is 10.0 Å². The summed E-state index contributed by atoms with van der Waals surface area (Å²) in [7, 11) is -3.64. The van der Waals surface area contributed by atoms with Gasteiger partial charge in [-0.3, -0.25) is 4.79 Å². The van der Waals surface area contributed by atoms with Crippen molar-refractivity contribution in [1.82, 2.24) is 10.0 Å². The molecular weight excluding hydrogens is 276 g/mol. The van der Waals surface area contributed by atoms with Crippen molar-refractivity contribution in [2.75, 3.05) is 6.54 Å². The van der Waals surface area contributed by atoms with Crippen molar-refractivity contribution in [2.24, 2.45) is 0 Å². The number of hydrogen-bond donors (Lipinski definition) is 2. The van der Waals surface area contributed by atoms with Gasteiger partial charge in [-0.1, -0.05) is 12.1 Å². The zero-order valence-electron chi connectivity index (χ0n) is 11.9. The van der Waals surface area contributed by atoms with Crippen LogP contribution in [0, 0.1) is 0 Å². The number of carbonyl (C=O) groups excluding carboxylic acids is 1. The second kappa shape index (κ2) is 6.19. The van der Waals surface area contributed by atoms with E-state index < -0.39 is 15.6 Å². The fourth-order valence-electron chi connectivity index (χ4n) is 1.53. The fourth-order valence-corrected chi connectivity index (χ4v) is 3.00. The van der Waals surface area contributed by atoms with Gasteiger partial charge in [0.1, 0.15) is 0 Å². The van der Waals surface area contributed by atoms with E-state index in [-0.39, 0.29) is 10.8 Å². The van der Waals surface area contributed by atoms with E-state index in [0.29, 0.717) is 12.1 Å². The first kappa shape index (κ1) is 16.4. The van der Waals surface area contributed by atoms with E-state index in [1.807, 2.05) is 0 Å². The van der Waals surface area contributed by atoms with Gasteiger partial charge in [-0.15, -0.1) is 6.58 Å². The smallest absolute Gasteiger partial charge is 0.251 e. The molecule has 1 aromatic carbocycles. The van der Waals surface area contributed by atoms with Gasteiger partial charge in [0.25, 0.3) is 5.91 Å². The van der Waals surface area contributed by atoms with Crippen LogP contribution in [0.1, 0.15) is 31.1 Å². The lowest BCUT2D eigenvalue weighted by molar-refractivity contribution is 0.0958. The van der Waals surface area contributed by atoms with E-state index in [1.54, 1.807) is 39.0 Å². The van der Waals surface area contributed by atoms with Crippen molar-refractivity contribution in [3.63, 3.8) is 0 Å². The summed E-state index contributed by atoms with van der Waals surface area (Å²) in [5, 5.41) is 2.60. The first-order chi connectivity index (χ1) is 9.15. The molecule has 0 aliphatic carbocycles. The van der Waals surface area contributed by atoms with Crippen molar-refractivity contribution < 1.29 is 13.2 Å². The molecule has 0 spiro atoms. The first-order valence-electron chi connectivity index (χ1n) is 6.19. The lowest BCUT2D eigenvalue weighted by Crippen LogP contribution is -2.40. The van der Waals surface area contributed by atoms with Gasteiger partial charge >= 0.3 is 0 Å². The van der Waals surface area contributed by atoms with Crippen LogP contribution in [-0.4, -0.2) is 26.4 Å². The maximum Gasteiger partial charge on any atom is 0.251 e. The molecule has 2 N–H and O–H groups in total. The molecular formula is C14H20N2O3S. The van der Waals surface area contributed by atoms with E-state index >= 15 is 0 Å². The minimum Gasteiger partial charge on any atom is -0.349 e. The SMILES string of the molecule is C=CCNC(=O)c1cccc(S(=O)(=O)NC(C)(C)C)c1. The van der Waals surface area contributed by atoms with Gasteiger partial charge in [-0.25, -0.2) is 13.1 Å². The predicted octanol–water partition coefficient (Wildman–Crippen LogP) is 1.68. The normalized spacial score (nSPS) is 11.9. The molecule has 1 amide bonds. The molecule has 0 atom stereocenters. The summed E-state index contributed by atoms with van der Waals surface area (Å²) in [6.07, 6.45) is 1.56. The average Bonchev–Trinajstić information content (AvgIpc) is 2.33. The highest BCUT2D eigenvalue weighted by molar-refractivity contribution is 7.89. The Bertz CT molecular complexity index is 601. The molecule has 110 valence electrons. The number of carbonyl (C=O) groups is 1. The van der Waals surface area contributed by atoms with Crippen LogP contribution in [0.3, 0.4) is 0 Å². The van der Waals surface area contributed by atoms with E-state index in [2.05, 4.69) is 16.6 Å². The van der Waals surface area contributed by atoms with Gasteiger partial charge in [0.05, 0.1) is 4.90 Å². The number of amides is 1. The molecule has 0 saturated heterocycles. The maximum absolute atomic E-state index is 12.2. The van der Waals surface area contributed by atoms with Gasteiger partial charge in [0.15, 0.2) is 0 Å². The third kappa shape index (κ3) is 4.79. The lowest BCUT2D eigenvalue weighted by Gasteiger charge is -2.20. The third-order valence-corrected chi connectivity index (χ3v) is 4.01. The van der Waals surface area contributed by atoms with Crippen molar-refractivity contribution in [1.29, 1.82) is 0 Å². The Hall–Kier alpha value is -1.66. The molecule has 0 fully saturated rings. The van der Waals surface area contributed by atoms with Crippen molar-refractivity contribution >= 4 is 15.9 Å². The van der Waals surface area contributed by atoms with Crippen LogP contribution in [0.25, 0.3) is 0 Å². The molecule has 0 radical (unpaired) electrons. The second-order valence-corrected chi connectivity index (χ2v) is 7.06. The van der Waals surface area contributed by atoms with Gasteiger partial charge in [0, 0.05) is 17.6 Å².